The van der Waals surface area contributed by atoms with Gasteiger partial charge in [-0.1, -0.05) is 12.8 Å². The fraction of sp³-hybridized carbons (Fsp3) is 0.895. The maximum absolute atomic E-state index is 12.3. The maximum Gasteiger partial charge on any atom is 0.317 e. The molecule has 140 valence electrons. The summed E-state index contributed by atoms with van der Waals surface area (Å²) < 4.78 is 0. The fourth-order valence-electron chi connectivity index (χ4n) is 4.94. The van der Waals surface area contributed by atoms with E-state index in [1.165, 1.54) is 25.7 Å². The minimum Gasteiger partial charge on any atom is -0.340 e. The van der Waals surface area contributed by atoms with Crippen LogP contribution in [-0.4, -0.2) is 79.0 Å². The van der Waals surface area contributed by atoms with Gasteiger partial charge in [0.15, 0.2) is 0 Å². The Labute approximate surface area is 150 Å². The van der Waals surface area contributed by atoms with Crippen LogP contribution in [0.5, 0.6) is 0 Å². The molecule has 0 spiro atoms. The van der Waals surface area contributed by atoms with Gasteiger partial charge < -0.3 is 15.1 Å². The highest BCUT2D eigenvalue weighted by Crippen LogP contribution is 2.37. The van der Waals surface area contributed by atoms with Crippen LogP contribution in [-0.2, 0) is 4.79 Å². The minimum absolute atomic E-state index is 0.119. The SMILES string of the molecule is O=C(NCCN1CCN(C(=O)C2CCC2)CC1)N1C[C@H]2CCC[C@@H]2C1. The summed E-state index contributed by atoms with van der Waals surface area (Å²) in [5.41, 5.74) is 0. The van der Waals surface area contributed by atoms with Crippen molar-refractivity contribution in [2.45, 2.75) is 38.5 Å². The number of nitrogens with zero attached hydrogens (tertiary/aromatic N) is 3. The fourth-order valence-corrected chi connectivity index (χ4v) is 4.94. The predicted molar refractivity (Wildman–Crippen MR) is 96.2 cm³/mol. The highest BCUT2D eigenvalue weighted by Gasteiger charge is 2.38. The molecule has 3 amide bonds. The number of amides is 3. The Morgan fingerprint density at radius 1 is 0.840 bits per heavy atom. The highest BCUT2D eigenvalue weighted by atomic mass is 16.2. The van der Waals surface area contributed by atoms with Crippen molar-refractivity contribution in [3.05, 3.63) is 0 Å². The van der Waals surface area contributed by atoms with Gasteiger partial charge in [-0.05, 0) is 37.5 Å². The van der Waals surface area contributed by atoms with Gasteiger partial charge in [-0.3, -0.25) is 9.69 Å². The van der Waals surface area contributed by atoms with Crippen molar-refractivity contribution >= 4 is 11.9 Å². The summed E-state index contributed by atoms with van der Waals surface area (Å²) in [5.74, 6) is 2.20. The molecule has 0 unspecified atom stereocenters. The van der Waals surface area contributed by atoms with Gasteiger partial charge in [-0.15, -0.1) is 0 Å². The lowest BCUT2D eigenvalue weighted by atomic mass is 9.84. The topological polar surface area (TPSA) is 55.9 Å². The van der Waals surface area contributed by atoms with E-state index in [1.807, 2.05) is 9.80 Å². The van der Waals surface area contributed by atoms with Crippen LogP contribution in [0.25, 0.3) is 0 Å². The summed E-state index contributed by atoms with van der Waals surface area (Å²) >= 11 is 0. The Morgan fingerprint density at radius 3 is 2.08 bits per heavy atom. The first-order valence-electron chi connectivity index (χ1n) is 10.2. The predicted octanol–water partition coefficient (Wildman–Crippen LogP) is 1.37. The normalized spacial score (nSPS) is 30.2. The summed E-state index contributed by atoms with van der Waals surface area (Å²) in [6.45, 7) is 7.07. The van der Waals surface area contributed by atoms with E-state index >= 15 is 0 Å². The monoisotopic (exact) mass is 348 g/mol. The number of carbonyl (C=O) groups excluding carboxylic acids is 2. The van der Waals surface area contributed by atoms with Crippen LogP contribution in [0.2, 0.25) is 0 Å². The lowest BCUT2D eigenvalue weighted by Gasteiger charge is -2.38. The number of rotatable bonds is 4. The van der Waals surface area contributed by atoms with Crippen molar-refractivity contribution in [2.24, 2.45) is 17.8 Å². The number of likely N-dealkylation sites (tertiary alicyclic amines) is 1. The van der Waals surface area contributed by atoms with Crippen LogP contribution in [0.4, 0.5) is 4.79 Å². The Balaban J connectivity index is 1.12. The third-order valence-corrected chi connectivity index (χ3v) is 6.86. The number of carbonyl (C=O) groups is 2. The molecule has 4 aliphatic rings. The lowest BCUT2D eigenvalue weighted by Crippen LogP contribution is -2.52. The van der Waals surface area contributed by atoms with Crippen molar-refractivity contribution < 1.29 is 9.59 Å². The summed E-state index contributed by atoms with van der Waals surface area (Å²) in [5, 5.41) is 3.10. The first-order valence-corrected chi connectivity index (χ1v) is 10.2. The van der Waals surface area contributed by atoms with E-state index in [0.717, 1.165) is 70.5 Å². The molecule has 6 nitrogen and oxygen atoms in total. The quantitative estimate of drug-likeness (QED) is 0.835. The second-order valence-electron chi connectivity index (χ2n) is 8.38. The number of hydrogen-bond acceptors (Lipinski definition) is 3. The Hall–Kier alpha value is -1.30. The van der Waals surface area contributed by atoms with Gasteiger partial charge in [-0.2, -0.15) is 0 Å². The van der Waals surface area contributed by atoms with Crippen molar-refractivity contribution in [3.8, 4) is 0 Å². The molecular formula is C19H32N4O2. The first kappa shape index (κ1) is 17.1. The van der Waals surface area contributed by atoms with E-state index in [0.29, 0.717) is 18.4 Å². The van der Waals surface area contributed by atoms with Crippen LogP contribution >= 0.6 is 0 Å². The number of hydrogen-bond donors (Lipinski definition) is 1. The maximum atomic E-state index is 12.3. The Kier molecular flexibility index (Phi) is 5.15. The van der Waals surface area contributed by atoms with Gasteiger partial charge in [-0.25, -0.2) is 4.79 Å². The molecule has 4 fully saturated rings. The molecule has 0 bridgehead atoms. The van der Waals surface area contributed by atoms with Gasteiger partial charge in [0.1, 0.15) is 0 Å². The summed E-state index contributed by atoms with van der Waals surface area (Å²) in [7, 11) is 0. The van der Waals surface area contributed by atoms with E-state index in [1.54, 1.807) is 0 Å². The van der Waals surface area contributed by atoms with Crippen molar-refractivity contribution in [1.29, 1.82) is 0 Å². The molecule has 0 aromatic heterocycles. The van der Waals surface area contributed by atoms with Crippen LogP contribution in [0.3, 0.4) is 0 Å². The molecule has 2 saturated heterocycles. The number of nitrogens with one attached hydrogen (secondary N) is 1. The van der Waals surface area contributed by atoms with E-state index in [4.69, 9.17) is 0 Å². The Morgan fingerprint density at radius 2 is 1.48 bits per heavy atom. The van der Waals surface area contributed by atoms with Crippen LogP contribution in [0, 0.1) is 17.8 Å². The van der Waals surface area contributed by atoms with Crippen LogP contribution < -0.4 is 5.32 Å². The Bertz CT molecular complexity index is 488. The molecule has 0 aromatic rings. The minimum atomic E-state index is 0.119. The standard InChI is InChI=1S/C19H32N4O2/c24-18(15-3-1-4-15)22-11-9-21(10-12-22)8-7-20-19(25)23-13-16-5-2-6-17(16)14-23/h15-17H,1-14H2,(H,20,25)/t16-,17-/m1/s1. The third kappa shape index (κ3) is 3.78. The smallest absolute Gasteiger partial charge is 0.317 e. The largest absolute Gasteiger partial charge is 0.340 e. The number of fused-ring (bicyclic) bond motifs is 1. The first-order chi connectivity index (χ1) is 12.2. The zero-order valence-electron chi connectivity index (χ0n) is 15.3. The molecular weight excluding hydrogens is 316 g/mol. The van der Waals surface area contributed by atoms with Crippen molar-refractivity contribution in [3.63, 3.8) is 0 Å². The molecule has 2 saturated carbocycles. The molecule has 2 aliphatic heterocycles. The molecule has 4 rings (SSSR count). The molecule has 2 aliphatic carbocycles. The van der Waals surface area contributed by atoms with Crippen molar-refractivity contribution in [1.82, 2.24) is 20.0 Å². The van der Waals surface area contributed by atoms with Crippen molar-refractivity contribution in [2.75, 3.05) is 52.4 Å². The van der Waals surface area contributed by atoms with Gasteiger partial charge >= 0.3 is 6.03 Å². The molecule has 0 aromatic carbocycles. The van der Waals surface area contributed by atoms with E-state index in [9.17, 15) is 9.59 Å². The zero-order chi connectivity index (χ0) is 17.2. The zero-order valence-corrected chi connectivity index (χ0v) is 15.3. The molecule has 1 N–H and O–H groups in total. The summed E-state index contributed by atoms with van der Waals surface area (Å²) in [6, 6.07) is 0.119. The van der Waals surface area contributed by atoms with Gasteiger partial charge in [0.25, 0.3) is 0 Å². The molecule has 0 radical (unpaired) electrons. The van der Waals surface area contributed by atoms with E-state index in [-0.39, 0.29) is 6.03 Å². The number of urea groups is 1. The van der Waals surface area contributed by atoms with E-state index in [2.05, 4.69) is 10.2 Å². The second-order valence-corrected chi connectivity index (χ2v) is 8.38. The highest BCUT2D eigenvalue weighted by molar-refractivity contribution is 5.79. The number of piperazine rings is 1. The van der Waals surface area contributed by atoms with E-state index < -0.39 is 0 Å². The summed E-state index contributed by atoms with van der Waals surface area (Å²) in [4.78, 5) is 31.0. The van der Waals surface area contributed by atoms with Gasteiger partial charge in [0.05, 0.1) is 0 Å². The average Bonchev–Trinajstić information content (AvgIpc) is 3.15. The lowest BCUT2D eigenvalue weighted by molar-refractivity contribution is -0.139. The van der Waals surface area contributed by atoms with Crippen LogP contribution in [0.1, 0.15) is 38.5 Å². The molecule has 2 heterocycles. The average molecular weight is 348 g/mol. The van der Waals surface area contributed by atoms with Gasteiger partial charge in [0, 0.05) is 58.3 Å². The molecule has 6 heteroatoms. The summed E-state index contributed by atoms with van der Waals surface area (Å²) in [6.07, 6.45) is 7.35. The third-order valence-electron chi connectivity index (χ3n) is 6.86. The molecule has 25 heavy (non-hydrogen) atoms. The molecule has 2 atom stereocenters. The second kappa shape index (κ2) is 7.52. The van der Waals surface area contributed by atoms with Gasteiger partial charge in [0.2, 0.25) is 5.91 Å². The van der Waals surface area contributed by atoms with Crippen LogP contribution in [0.15, 0.2) is 0 Å².